The Balaban J connectivity index is 1.53. The normalized spacial score (nSPS) is 21.4. The van der Waals surface area contributed by atoms with Gasteiger partial charge in [0, 0.05) is 51.1 Å². The van der Waals surface area contributed by atoms with Crippen LogP contribution >= 0.6 is 0 Å². The van der Waals surface area contributed by atoms with Gasteiger partial charge in [-0.15, -0.1) is 0 Å². The first-order chi connectivity index (χ1) is 11.5. The minimum Gasteiger partial charge on any atom is -0.357 e. The lowest BCUT2D eigenvalue weighted by Crippen LogP contribution is -2.47. The molecule has 0 aliphatic carbocycles. The fraction of sp³-hybridized carbons (Fsp3) is 0.588. The van der Waals surface area contributed by atoms with E-state index in [0.29, 0.717) is 31.5 Å². The molecule has 0 N–H and O–H groups in total. The van der Waals surface area contributed by atoms with Crippen LogP contribution in [0.3, 0.4) is 0 Å². The van der Waals surface area contributed by atoms with Crippen LogP contribution in [-0.4, -0.2) is 47.9 Å². The molecule has 3 heterocycles. The molecule has 128 valence electrons. The summed E-state index contributed by atoms with van der Waals surface area (Å²) in [5.74, 6) is -1.90. The number of nitriles is 1. The average molecular weight is 334 g/mol. The van der Waals surface area contributed by atoms with Gasteiger partial charge in [0.1, 0.15) is 11.9 Å². The first kappa shape index (κ1) is 16.6. The van der Waals surface area contributed by atoms with Gasteiger partial charge in [0.05, 0.1) is 5.56 Å². The smallest absolute Gasteiger partial charge is 0.251 e. The molecule has 2 fully saturated rings. The van der Waals surface area contributed by atoms with Crippen LogP contribution in [0.15, 0.2) is 18.3 Å². The van der Waals surface area contributed by atoms with Crippen molar-refractivity contribution in [3.05, 3.63) is 23.9 Å². The number of carbonyl (C=O) groups is 1. The predicted octanol–water partition coefficient (Wildman–Crippen LogP) is 2.43. The van der Waals surface area contributed by atoms with Crippen molar-refractivity contribution in [2.24, 2.45) is 5.92 Å². The fourth-order valence-electron chi connectivity index (χ4n) is 3.31. The summed E-state index contributed by atoms with van der Waals surface area (Å²) in [4.78, 5) is 20.5. The van der Waals surface area contributed by atoms with Gasteiger partial charge in [0.15, 0.2) is 0 Å². The first-order valence-electron chi connectivity index (χ1n) is 8.26. The number of nitrogens with zero attached hydrogens (tertiary/aromatic N) is 4. The molecule has 0 aromatic carbocycles. The number of alkyl halides is 2. The molecule has 2 saturated heterocycles. The number of piperidine rings is 2. The van der Waals surface area contributed by atoms with Gasteiger partial charge >= 0.3 is 0 Å². The molecule has 1 aromatic heterocycles. The third-order valence-electron chi connectivity index (χ3n) is 4.85. The van der Waals surface area contributed by atoms with E-state index in [0.717, 1.165) is 5.82 Å². The van der Waals surface area contributed by atoms with E-state index in [9.17, 15) is 13.6 Å². The lowest BCUT2D eigenvalue weighted by atomic mass is 9.94. The van der Waals surface area contributed by atoms with E-state index in [-0.39, 0.29) is 37.8 Å². The van der Waals surface area contributed by atoms with Crippen molar-refractivity contribution < 1.29 is 13.6 Å². The highest BCUT2D eigenvalue weighted by molar-refractivity contribution is 5.79. The minimum absolute atomic E-state index is 0.0120. The number of halogens is 2. The summed E-state index contributed by atoms with van der Waals surface area (Å²) in [6.45, 7) is 1.73. The summed E-state index contributed by atoms with van der Waals surface area (Å²) in [6.07, 6.45) is 2.49. The van der Waals surface area contributed by atoms with Crippen LogP contribution in [0.1, 0.15) is 31.2 Å². The van der Waals surface area contributed by atoms with Crippen LogP contribution in [-0.2, 0) is 4.79 Å². The van der Waals surface area contributed by atoms with Crippen molar-refractivity contribution >= 4 is 11.7 Å². The minimum atomic E-state index is -2.62. The molecule has 0 spiro atoms. The van der Waals surface area contributed by atoms with Gasteiger partial charge in [-0.2, -0.15) is 5.26 Å². The van der Waals surface area contributed by atoms with Crippen molar-refractivity contribution in [1.29, 1.82) is 5.26 Å². The molecular weight excluding hydrogens is 314 g/mol. The second kappa shape index (κ2) is 6.71. The van der Waals surface area contributed by atoms with Crippen LogP contribution in [0.5, 0.6) is 0 Å². The highest BCUT2D eigenvalue weighted by Crippen LogP contribution is 2.30. The molecule has 0 saturated carbocycles. The third kappa shape index (κ3) is 3.64. The average Bonchev–Trinajstić information content (AvgIpc) is 2.61. The summed E-state index contributed by atoms with van der Waals surface area (Å²) in [5, 5.41) is 8.80. The quantitative estimate of drug-likeness (QED) is 0.833. The van der Waals surface area contributed by atoms with Crippen molar-refractivity contribution in [1.82, 2.24) is 9.88 Å². The summed E-state index contributed by atoms with van der Waals surface area (Å²) in [7, 11) is 0. The Morgan fingerprint density at radius 3 is 2.42 bits per heavy atom. The van der Waals surface area contributed by atoms with Gasteiger partial charge in [0.25, 0.3) is 5.92 Å². The lowest BCUT2D eigenvalue weighted by Gasteiger charge is -2.37. The number of carbonyl (C=O) groups excluding carboxylic acids is 1. The van der Waals surface area contributed by atoms with Gasteiger partial charge in [-0.25, -0.2) is 13.8 Å². The maximum absolute atomic E-state index is 13.2. The second-order valence-electron chi connectivity index (χ2n) is 6.46. The van der Waals surface area contributed by atoms with E-state index < -0.39 is 5.92 Å². The molecule has 1 amide bonds. The van der Waals surface area contributed by atoms with Crippen LogP contribution < -0.4 is 4.90 Å². The molecule has 5 nitrogen and oxygen atoms in total. The van der Waals surface area contributed by atoms with Crippen LogP contribution in [0.25, 0.3) is 0 Å². The summed E-state index contributed by atoms with van der Waals surface area (Å²) >= 11 is 0. The number of pyridine rings is 1. The van der Waals surface area contributed by atoms with Gasteiger partial charge in [-0.3, -0.25) is 4.79 Å². The Morgan fingerprint density at radius 1 is 1.21 bits per heavy atom. The molecule has 24 heavy (non-hydrogen) atoms. The lowest BCUT2D eigenvalue weighted by molar-refractivity contribution is -0.142. The number of amides is 1. The molecule has 7 heteroatoms. The van der Waals surface area contributed by atoms with E-state index in [2.05, 4.69) is 9.88 Å². The van der Waals surface area contributed by atoms with Gasteiger partial charge in [-0.05, 0) is 25.0 Å². The third-order valence-corrected chi connectivity index (χ3v) is 4.85. The van der Waals surface area contributed by atoms with E-state index in [1.807, 2.05) is 12.1 Å². The van der Waals surface area contributed by atoms with Crippen LogP contribution in [0.4, 0.5) is 14.6 Å². The molecular formula is C17H20F2N4O. The molecule has 0 atom stereocenters. The second-order valence-corrected chi connectivity index (χ2v) is 6.46. The van der Waals surface area contributed by atoms with E-state index in [1.165, 1.54) is 0 Å². The zero-order valence-electron chi connectivity index (χ0n) is 13.4. The number of hydrogen-bond acceptors (Lipinski definition) is 4. The van der Waals surface area contributed by atoms with Crippen molar-refractivity contribution in [2.75, 3.05) is 31.1 Å². The zero-order valence-corrected chi connectivity index (χ0v) is 13.4. The monoisotopic (exact) mass is 334 g/mol. The standard InChI is InChI=1S/C17H20F2N4O/c18-17(19)5-9-23(10-6-17)16(24)14-3-7-22(8-4-14)15-2-1-13(11-20)12-21-15/h1-2,12,14H,3-10H2. The number of hydrogen-bond donors (Lipinski definition) is 0. The van der Waals surface area contributed by atoms with Crippen LogP contribution in [0, 0.1) is 17.2 Å². The van der Waals surface area contributed by atoms with Gasteiger partial charge < -0.3 is 9.80 Å². The number of anilines is 1. The molecule has 2 aliphatic rings. The highest BCUT2D eigenvalue weighted by Gasteiger charge is 2.37. The van der Waals surface area contributed by atoms with E-state index >= 15 is 0 Å². The Bertz CT molecular complexity index is 623. The van der Waals surface area contributed by atoms with Gasteiger partial charge in [0.2, 0.25) is 5.91 Å². The SMILES string of the molecule is N#Cc1ccc(N2CCC(C(=O)N3CCC(F)(F)CC3)CC2)nc1. The Morgan fingerprint density at radius 2 is 1.88 bits per heavy atom. The topological polar surface area (TPSA) is 60.2 Å². The molecule has 0 unspecified atom stereocenters. The summed E-state index contributed by atoms with van der Waals surface area (Å²) < 4.78 is 26.4. The Kier molecular flexibility index (Phi) is 4.65. The molecule has 2 aliphatic heterocycles. The Hall–Kier alpha value is -2.23. The molecule has 0 bridgehead atoms. The van der Waals surface area contributed by atoms with Crippen molar-refractivity contribution in [2.45, 2.75) is 31.6 Å². The van der Waals surface area contributed by atoms with Gasteiger partial charge in [-0.1, -0.05) is 0 Å². The van der Waals surface area contributed by atoms with E-state index in [1.54, 1.807) is 17.2 Å². The van der Waals surface area contributed by atoms with Crippen LogP contribution in [0.2, 0.25) is 0 Å². The zero-order chi connectivity index (χ0) is 17.2. The number of likely N-dealkylation sites (tertiary alicyclic amines) is 1. The molecule has 3 rings (SSSR count). The van der Waals surface area contributed by atoms with Crippen molar-refractivity contribution in [3.8, 4) is 6.07 Å². The fourth-order valence-corrected chi connectivity index (χ4v) is 3.31. The molecule has 0 radical (unpaired) electrons. The van der Waals surface area contributed by atoms with E-state index in [4.69, 9.17) is 5.26 Å². The largest absolute Gasteiger partial charge is 0.357 e. The summed E-state index contributed by atoms with van der Waals surface area (Å²) in [5.41, 5.74) is 0.519. The van der Waals surface area contributed by atoms with Crippen molar-refractivity contribution in [3.63, 3.8) is 0 Å². The first-order valence-corrected chi connectivity index (χ1v) is 8.26. The maximum atomic E-state index is 13.2. The number of aromatic nitrogens is 1. The molecule has 1 aromatic rings. The summed E-state index contributed by atoms with van der Waals surface area (Å²) in [6, 6.07) is 5.58. The Labute approximate surface area is 139 Å². The highest BCUT2D eigenvalue weighted by atomic mass is 19.3. The predicted molar refractivity (Wildman–Crippen MR) is 84.7 cm³/mol. The maximum Gasteiger partial charge on any atom is 0.251 e. The number of rotatable bonds is 2.